The standard InChI is InChI=1S/C22H27FN2O5/c1-14-19(15(2)24(3)20(14)22(28)30-5)18(26)13-25(10-7-11-29-4)21(27)16-8-6-9-17(23)12-16/h6,8-9,12H,7,10-11,13H2,1-5H3. The van der Waals surface area contributed by atoms with Crippen molar-refractivity contribution in [3.63, 3.8) is 0 Å². The SMILES string of the molecule is COCCCN(CC(=O)c1c(C)c(C(=O)OC)n(C)c1C)C(=O)c1cccc(F)c1. The topological polar surface area (TPSA) is 77.8 Å². The Hall–Kier alpha value is -3.00. The molecular weight excluding hydrogens is 391 g/mol. The zero-order chi connectivity index (χ0) is 22.4. The summed E-state index contributed by atoms with van der Waals surface area (Å²) in [6.07, 6.45) is 0.519. The lowest BCUT2D eigenvalue weighted by molar-refractivity contribution is 0.0588. The quantitative estimate of drug-likeness (QED) is 0.356. The van der Waals surface area contributed by atoms with Crippen LogP contribution in [0, 0.1) is 19.7 Å². The van der Waals surface area contributed by atoms with Gasteiger partial charge >= 0.3 is 5.97 Å². The molecule has 0 aliphatic rings. The summed E-state index contributed by atoms with van der Waals surface area (Å²) < 4.78 is 25.1. The predicted molar refractivity (Wildman–Crippen MR) is 109 cm³/mol. The number of hydrogen-bond donors (Lipinski definition) is 0. The fourth-order valence-corrected chi connectivity index (χ4v) is 3.48. The van der Waals surface area contributed by atoms with Crippen LogP contribution in [0.1, 0.15) is 48.9 Å². The van der Waals surface area contributed by atoms with E-state index in [1.54, 1.807) is 32.6 Å². The van der Waals surface area contributed by atoms with Gasteiger partial charge in [-0.2, -0.15) is 0 Å². The Morgan fingerprint density at radius 2 is 1.87 bits per heavy atom. The molecule has 0 fully saturated rings. The van der Waals surface area contributed by atoms with Crippen LogP contribution in [0.5, 0.6) is 0 Å². The lowest BCUT2D eigenvalue weighted by Gasteiger charge is -2.22. The molecule has 0 radical (unpaired) electrons. The van der Waals surface area contributed by atoms with E-state index in [4.69, 9.17) is 9.47 Å². The van der Waals surface area contributed by atoms with E-state index in [0.29, 0.717) is 35.5 Å². The van der Waals surface area contributed by atoms with Crippen molar-refractivity contribution >= 4 is 17.7 Å². The van der Waals surface area contributed by atoms with Gasteiger partial charge in [-0.25, -0.2) is 9.18 Å². The number of Topliss-reactive ketones (excluding diaryl/α,β-unsaturated/α-hetero) is 1. The molecule has 1 amide bonds. The predicted octanol–water partition coefficient (Wildman–Crippen LogP) is 2.93. The lowest BCUT2D eigenvalue weighted by Crippen LogP contribution is -2.37. The van der Waals surface area contributed by atoms with E-state index in [-0.39, 0.29) is 24.4 Å². The summed E-state index contributed by atoms with van der Waals surface area (Å²) in [5.41, 5.74) is 1.94. The van der Waals surface area contributed by atoms with Gasteiger partial charge in [0.2, 0.25) is 0 Å². The second kappa shape index (κ2) is 10.2. The van der Waals surface area contributed by atoms with Crippen LogP contribution >= 0.6 is 0 Å². The lowest BCUT2D eigenvalue weighted by atomic mass is 10.0. The first-order valence-electron chi connectivity index (χ1n) is 9.54. The van der Waals surface area contributed by atoms with Crippen LogP contribution in [-0.2, 0) is 16.5 Å². The molecule has 7 nitrogen and oxygen atoms in total. The molecule has 0 aliphatic heterocycles. The highest BCUT2D eigenvalue weighted by atomic mass is 19.1. The third-order valence-corrected chi connectivity index (χ3v) is 5.06. The summed E-state index contributed by atoms with van der Waals surface area (Å²) in [6, 6.07) is 5.35. The average Bonchev–Trinajstić information content (AvgIpc) is 2.94. The van der Waals surface area contributed by atoms with Crippen LogP contribution in [-0.4, -0.2) is 61.0 Å². The first-order valence-corrected chi connectivity index (χ1v) is 9.54. The van der Waals surface area contributed by atoms with Crippen molar-refractivity contribution in [2.75, 3.05) is 33.9 Å². The van der Waals surface area contributed by atoms with Crippen molar-refractivity contribution in [3.8, 4) is 0 Å². The molecule has 0 spiro atoms. The average molecular weight is 418 g/mol. The molecule has 162 valence electrons. The van der Waals surface area contributed by atoms with Crippen LogP contribution in [0.25, 0.3) is 0 Å². The number of benzene rings is 1. The molecule has 30 heavy (non-hydrogen) atoms. The highest BCUT2D eigenvalue weighted by Crippen LogP contribution is 2.23. The maximum absolute atomic E-state index is 13.6. The van der Waals surface area contributed by atoms with Crippen molar-refractivity contribution in [1.82, 2.24) is 9.47 Å². The molecule has 8 heteroatoms. The van der Waals surface area contributed by atoms with Gasteiger partial charge in [-0.3, -0.25) is 9.59 Å². The molecule has 1 aromatic heterocycles. The second-order valence-corrected chi connectivity index (χ2v) is 6.99. The number of carbonyl (C=O) groups is 3. The largest absolute Gasteiger partial charge is 0.464 e. The first-order chi connectivity index (χ1) is 14.2. The van der Waals surface area contributed by atoms with Gasteiger partial charge in [0.25, 0.3) is 5.91 Å². The van der Waals surface area contributed by atoms with E-state index in [2.05, 4.69) is 0 Å². The molecule has 2 rings (SSSR count). The van der Waals surface area contributed by atoms with E-state index in [9.17, 15) is 18.8 Å². The number of halogens is 1. The van der Waals surface area contributed by atoms with E-state index >= 15 is 0 Å². The Bertz CT molecular complexity index is 951. The van der Waals surface area contributed by atoms with Crippen LogP contribution < -0.4 is 0 Å². The van der Waals surface area contributed by atoms with Gasteiger partial charge in [0.15, 0.2) is 5.78 Å². The van der Waals surface area contributed by atoms with Gasteiger partial charge in [-0.05, 0) is 44.0 Å². The van der Waals surface area contributed by atoms with Crippen molar-refractivity contribution in [1.29, 1.82) is 0 Å². The number of esters is 1. The van der Waals surface area contributed by atoms with Gasteiger partial charge in [-0.1, -0.05) is 6.07 Å². The molecule has 0 N–H and O–H groups in total. The molecule has 0 saturated carbocycles. The Morgan fingerprint density at radius 3 is 2.47 bits per heavy atom. The van der Waals surface area contributed by atoms with E-state index < -0.39 is 17.7 Å². The summed E-state index contributed by atoms with van der Waals surface area (Å²) in [5, 5.41) is 0. The first kappa shape index (κ1) is 23.3. The van der Waals surface area contributed by atoms with Crippen molar-refractivity contribution in [2.45, 2.75) is 20.3 Å². The summed E-state index contributed by atoms with van der Waals surface area (Å²) >= 11 is 0. The number of methoxy groups -OCH3 is 2. The minimum absolute atomic E-state index is 0.164. The number of amides is 1. The normalized spacial score (nSPS) is 10.7. The van der Waals surface area contributed by atoms with Gasteiger partial charge < -0.3 is 18.9 Å². The molecule has 2 aromatic rings. The van der Waals surface area contributed by atoms with Crippen molar-refractivity contribution < 1.29 is 28.2 Å². The zero-order valence-corrected chi connectivity index (χ0v) is 18.0. The van der Waals surface area contributed by atoms with Gasteiger partial charge in [0.1, 0.15) is 11.5 Å². The number of carbonyl (C=O) groups excluding carboxylic acids is 3. The van der Waals surface area contributed by atoms with E-state index in [1.807, 2.05) is 0 Å². The molecule has 0 bridgehead atoms. The summed E-state index contributed by atoms with van der Waals surface area (Å²) in [5.74, 6) is -1.82. The second-order valence-electron chi connectivity index (χ2n) is 6.99. The fourth-order valence-electron chi connectivity index (χ4n) is 3.48. The molecule has 1 aromatic carbocycles. The Balaban J connectivity index is 2.35. The molecule has 0 atom stereocenters. The number of ether oxygens (including phenoxy) is 2. The Morgan fingerprint density at radius 1 is 1.17 bits per heavy atom. The minimum atomic E-state index is -0.537. The van der Waals surface area contributed by atoms with Gasteiger partial charge in [0, 0.05) is 44.1 Å². The highest BCUT2D eigenvalue weighted by Gasteiger charge is 2.27. The monoisotopic (exact) mass is 418 g/mol. The number of nitrogens with zero attached hydrogens (tertiary/aromatic N) is 2. The molecule has 1 heterocycles. The number of rotatable bonds is 9. The molecule has 0 saturated heterocycles. The molecule has 0 unspecified atom stereocenters. The molecular formula is C22H27FN2O5. The highest BCUT2D eigenvalue weighted by molar-refractivity contribution is 6.06. The summed E-state index contributed by atoms with van der Waals surface area (Å²) in [6.45, 7) is 3.89. The number of hydrogen-bond acceptors (Lipinski definition) is 5. The third-order valence-electron chi connectivity index (χ3n) is 5.06. The zero-order valence-electron chi connectivity index (χ0n) is 18.0. The third kappa shape index (κ3) is 4.94. The smallest absolute Gasteiger partial charge is 0.354 e. The van der Waals surface area contributed by atoms with Crippen LogP contribution in [0.2, 0.25) is 0 Å². The van der Waals surface area contributed by atoms with Crippen molar-refractivity contribution in [3.05, 3.63) is 58.2 Å². The van der Waals surface area contributed by atoms with E-state index in [1.165, 1.54) is 30.2 Å². The van der Waals surface area contributed by atoms with E-state index in [0.717, 1.165) is 6.07 Å². The number of aromatic nitrogens is 1. The van der Waals surface area contributed by atoms with Crippen LogP contribution in [0.3, 0.4) is 0 Å². The fraction of sp³-hybridized carbons (Fsp3) is 0.409. The Kier molecular flexibility index (Phi) is 7.88. The number of ketones is 1. The van der Waals surface area contributed by atoms with Crippen LogP contribution in [0.15, 0.2) is 24.3 Å². The summed E-state index contributed by atoms with van der Waals surface area (Å²) in [7, 11) is 4.51. The summed E-state index contributed by atoms with van der Waals surface area (Å²) in [4.78, 5) is 39.6. The maximum atomic E-state index is 13.6. The Labute approximate surface area is 175 Å². The van der Waals surface area contributed by atoms with Crippen molar-refractivity contribution in [2.24, 2.45) is 7.05 Å². The molecule has 0 aliphatic carbocycles. The van der Waals surface area contributed by atoms with Gasteiger partial charge in [-0.15, -0.1) is 0 Å². The van der Waals surface area contributed by atoms with Crippen LogP contribution in [0.4, 0.5) is 4.39 Å². The van der Waals surface area contributed by atoms with Gasteiger partial charge in [0.05, 0.1) is 13.7 Å². The minimum Gasteiger partial charge on any atom is -0.464 e. The maximum Gasteiger partial charge on any atom is 0.354 e.